The number of carboxylic acids is 2. The van der Waals surface area contributed by atoms with E-state index in [9.17, 15) is 34.2 Å². The molecule has 5 atom stereocenters. The van der Waals surface area contributed by atoms with E-state index in [4.69, 9.17) is 5.11 Å². The lowest BCUT2D eigenvalue weighted by molar-refractivity contribution is -0.143. The number of nitrogens with one attached hydrogen (secondary N) is 5. The number of amides is 3. The van der Waals surface area contributed by atoms with Crippen molar-refractivity contribution in [2.75, 3.05) is 6.54 Å². The lowest BCUT2D eigenvalue weighted by atomic mass is 10.1. The number of aliphatic hydroxyl groups excluding tert-OH is 1. The predicted octanol–water partition coefficient (Wildman–Crippen LogP) is -2.51. The van der Waals surface area contributed by atoms with Crippen LogP contribution in [0.2, 0.25) is 0 Å². The lowest BCUT2D eigenvalue weighted by Crippen LogP contribution is -2.60. The minimum absolute atomic E-state index is 0.104. The third kappa shape index (κ3) is 8.12. The predicted molar refractivity (Wildman–Crippen MR) is 115 cm³/mol. The van der Waals surface area contributed by atoms with E-state index < -0.39 is 66.4 Å². The first-order chi connectivity index (χ1) is 16.1. The van der Waals surface area contributed by atoms with Gasteiger partial charge in [0.25, 0.3) is 0 Å². The van der Waals surface area contributed by atoms with Gasteiger partial charge in [0.1, 0.15) is 18.1 Å². The van der Waals surface area contributed by atoms with E-state index in [1.54, 1.807) is 0 Å². The number of rotatable bonds is 13. The molecule has 1 aliphatic rings. The lowest BCUT2D eigenvalue weighted by Gasteiger charge is -2.26. The molecule has 5 unspecified atom stereocenters. The average Bonchev–Trinajstić information content (AvgIpc) is 3.47. The Kier molecular flexibility index (Phi) is 9.94. The van der Waals surface area contributed by atoms with Crippen molar-refractivity contribution in [1.82, 2.24) is 31.2 Å². The van der Waals surface area contributed by atoms with Gasteiger partial charge in [0.05, 0.1) is 18.5 Å². The van der Waals surface area contributed by atoms with Gasteiger partial charge in [0, 0.05) is 24.7 Å². The van der Waals surface area contributed by atoms with Crippen LogP contribution in [0.25, 0.3) is 0 Å². The highest BCUT2D eigenvalue weighted by Crippen LogP contribution is 2.07. The van der Waals surface area contributed by atoms with Gasteiger partial charge in [-0.1, -0.05) is 0 Å². The Bertz CT molecular complexity index is 868. The Labute approximate surface area is 194 Å². The van der Waals surface area contributed by atoms with Crippen LogP contribution >= 0.6 is 0 Å². The van der Waals surface area contributed by atoms with Gasteiger partial charge in [0.2, 0.25) is 17.7 Å². The van der Waals surface area contributed by atoms with E-state index in [0.29, 0.717) is 18.7 Å². The summed E-state index contributed by atoms with van der Waals surface area (Å²) in [5.41, 5.74) is 0.450. The van der Waals surface area contributed by atoms with Gasteiger partial charge in [-0.05, 0) is 32.7 Å². The summed E-state index contributed by atoms with van der Waals surface area (Å²) in [6.07, 6.45) is 1.90. The number of nitrogens with zero attached hydrogens (tertiary/aromatic N) is 1. The van der Waals surface area contributed by atoms with E-state index in [2.05, 4.69) is 31.2 Å². The fraction of sp³-hybridized carbons (Fsp3) is 0.600. The van der Waals surface area contributed by atoms with Crippen LogP contribution in [-0.4, -0.2) is 91.8 Å². The molecule has 1 fully saturated rings. The second-order valence-electron chi connectivity index (χ2n) is 8.05. The molecular weight excluding hydrogens is 452 g/mol. The van der Waals surface area contributed by atoms with Crippen LogP contribution in [0.5, 0.6) is 0 Å². The first-order valence-electron chi connectivity index (χ1n) is 10.8. The summed E-state index contributed by atoms with van der Waals surface area (Å²) in [7, 11) is 0. The summed E-state index contributed by atoms with van der Waals surface area (Å²) in [6, 6.07) is -4.66. The molecule has 34 heavy (non-hydrogen) atoms. The molecular formula is C20H30N6O8. The minimum atomic E-state index is -1.49. The Morgan fingerprint density at radius 2 is 1.82 bits per heavy atom. The molecule has 0 radical (unpaired) electrons. The van der Waals surface area contributed by atoms with Crippen LogP contribution < -0.4 is 21.3 Å². The van der Waals surface area contributed by atoms with Crippen molar-refractivity contribution in [3.63, 3.8) is 0 Å². The Hall–Kier alpha value is -3.52. The molecule has 0 saturated carbocycles. The molecule has 8 N–H and O–H groups in total. The van der Waals surface area contributed by atoms with Crippen LogP contribution in [0, 0.1) is 0 Å². The first-order valence-corrected chi connectivity index (χ1v) is 10.8. The number of carbonyl (C=O) groups excluding carboxylic acids is 3. The Balaban J connectivity index is 2.13. The van der Waals surface area contributed by atoms with Crippen LogP contribution in [0.3, 0.4) is 0 Å². The minimum Gasteiger partial charge on any atom is -0.481 e. The highest BCUT2D eigenvalue weighted by Gasteiger charge is 2.33. The number of imidazole rings is 1. The zero-order valence-corrected chi connectivity index (χ0v) is 18.6. The second-order valence-corrected chi connectivity index (χ2v) is 8.05. The average molecular weight is 482 g/mol. The normalized spacial score (nSPS) is 18.8. The molecule has 1 aromatic heterocycles. The molecule has 2 rings (SSSR count). The third-order valence-corrected chi connectivity index (χ3v) is 5.31. The largest absolute Gasteiger partial charge is 0.481 e. The molecule has 3 amide bonds. The first kappa shape index (κ1) is 26.7. The molecule has 0 aliphatic carbocycles. The fourth-order valence-corrected chi connectivity index (χ4v) is 3.45. The molecule has 1 aromatic rings. The van der Waals surface area contributed by atoms with Crippen molar-refractivity contribution < 1.29 is 39.3 Å². The summed E-state index contributed by atoms with van der Waals surface area (Å²) in [6.45, 7) is 1.96. The van der Waals surface area contributed by atoms with E-state index in [0.717, 1.165) is 6.42 Å². The Morgan fingerprint density at radius 3 is 2.35 bits per heavy atom. The van der Waals surface area contributed by atoms with Gasteiger partial charge in [-0.2, -0.15) is 0 Å². The number of hydrogen-bond acceptors (Lipinski definition) is 8. The number of hydrogen-bond donors (Lipinski definition) is 8. The zero-order chi connectivity index (χ0) is 25.3. The zero-order valence-electron chi connectivity index (χ0n) is 18.6. The Morgan fingerprint density at radius 1 is 1.12 bits per heavy atom. The van der Waals surface area contributed by atoms with Crippen molar-refractivity contribution in [2.45, 2.75) is 69.3 Å². The summed E-state index contributed by atoms with van der Waals surface area (Å²) in [4.78, 5) is 67.0. The summed E-state index contributed by atoms with van der Waals surface area (Å²) in [5, 5.41) is 38.3. The van der Waals surface area contributed by atoms with Crippen molar-refractivity contribution >= 4 is 29.7 Å². The van der Waals surface area contributed by atoms with Gasteiger partial charge in [-0.3, -0.25) is 19.2 Å². The number of carbonyl (C=O) groups is 5. The summed E-state index contributed by atoms with van der Waals surface area (Å²) >= 11 is 0. The van der Waals surface area contributed by atoms with Crippen LogP contribution in [0.1, 0.15) is 38.3 Å². The van der Waals surface area contributed by atoms with Crippen LogP contribution in [0.15, 0.2) is 12.5 Å². The monoisotopic (exact) mass is 482 g/mol. The molecule has 14 nitrogen and oxygen atoms in total. The number of aliphatic hydroxyl groups is 1. The maximum absolute atomic E-state index is 12.9. The van der Waals surface area contributed by atoms with Crippen molar-refractivity contribution in [3.05, 3.63) is 18.2 Å². The molecule has 0 aromatic carbocycles. The molecule has 14 heteroatoms. The molecule has 0 bridgehead atoms. The van der Waals surface area contributed by atoms with Crippen LogP contribution in [0.4, 0.5) is 0 Å². The second kappa shape index (κ2) is 12.6. The third-order valence-electron chi connectivity index (χ3n) is 5.31. The number of H-pyrrole nitrogens is 1. The molecule has 2 heterocycles. The molecule has 1 aliphatic heterocycles. The summed E-state index contributed by atoms with van der Waals surface area (Å²) in [5.74, 6) is -4.85. The SMILES string of the molecule is CC(O)C(NC(=O)C1CCCN1)C(=O)NC(Cc1cnc[nH]1)C(=O)NC(CCC(=O)O)C(=O)O. The van der Waals surface area contributed by atoms with Gasteiger partial charge in [-0.15, -0.1) is 0 Å². The van der Waals surface area contributed by atoms with Gasteiger partial charge >= 0.3 is 11.9 Å². The highest BCUT2D eigenvalue weighted by molar-refractivity contribution is 5.94. The number of aliphatic carboxylic acids is 2. The van der Waals surface area contributed by atoms with Gasteiger partial charge in [0.15, 0.2) is 0 Å². The molecule has 1 saturated heterocycles. The van der Waals surface area contributed by atoms with Gasteiger partial charge in [-0.25, -0.2) is 9.78 Å². The van der Waals surface area contributed by atoms with Gasteiger partial charge < -0.3 is 41.6 Å². The maximum atomic E-state index is 12.9. The highest BCUT2D eigenvalue weighted by atomic mass is 16.4. The number of aromatic nitrogens is 2. The number of carboxylic acid groups (broad SMARTS) is 2. The summed E-state index contributed by atoms with van der Waals surface area (Å²) < 4.78 is 0. The smallest absolute Gasteiger partial charge is 0.326 e. The van der Waals surface area contributed by atoms with E-state index >= 15 is 0 Å². The van der Waals surface area contributed by atoms with Crippen molar-refractivity contribution in [3.8, 4) is 0 Å². The molecule has 0 spiro atoms. The maximum Gasteiger partial charge on any atom is 0.326 e. The quantitative estimate of drug-likeness (QED) is 0.147. The van der Waals surface area contributed by atoms with Crippen molar-refractivity contribution in [2.24, 2.45) is 0 Å². The van der Waals surface area contributed by atoms with E-state index in [1.807, 2.05) is 0 Å². The van der Waals surface area contributed by atoms with Crippen molar-refractivity contribution in [1.29, 1.82) is 0 Å². The van der Waals surface area contributed by atoms with Crippen LogP contribution in [-0.2, 0) is 30.4 Å². The molecule has 188 valence electrons. The van der Waals surface area contributed by atoms with E-state index in [-0.39, 0.29) is 12.8 Å². The topological polar surface area (TPSA) is 223 Å². The number of aromatic amines is 1. The standard InChI is InChI=1S/C20H30N6O8/c1-10(27)16(26-17(30)12-3-2-6-22-12)19(32)25-14(7-11-8-21-9-23-11)18(31)24-13(20(33)34)4-5-15(28)29/h8-10,12-14,16,22,27H,2-7H2,1H3,(H,21,23)(H,24,31)(H,25,32)(H,26,30)(H,28,29)(H,33,34). The van der Waals surface area contributed by atoms with E-state index in [1.165, 1.54) is 19.4 Å². The fourth-order valence-electron chi connectivity index (χ4n) is 3.45.